The van der Waals surface area contributed by atoms with Crippen LogP contribution >= 0.6 is 0 Å². The second-order valence-electron chi connectivity index (χ2n) is 8.33. The van der Waals surface area contributed by atoms with Crippen LogP contribution < -0.4 is 10.1 Å². The molecule has 4 rings (SSSR count). The number of aromatic nitrogens is 4. The minimum atomic E-state index is -0.0451. The molecule has 1 N–H and O–H groups in total. The van der Waals surface area contributed by atoms with E-state index in [1.165, 1.54) is 5.56 Å². The summed E-state index contributed by atoms with van der Waals surface area (Å²) in [5, 5.41) is 8.76. The van der Waals surface area contributed by atoms with E-state index in [1.807, 2.05) is 28.9 Å². The van der Waals surface area contributed by atoms with Crippen LogP contribution in [0.5, 0.6) is 5.75 Å². The Labute approximate surface area is 200 Å². The van der Waals surface area contributed by atoms with Crippen LogP contribution in [0.1, 0.15) is 60.4 Å². The van der Waals surface area contributed by atoms with Gasteiger partial charge in [-0.05, 0) is 41.7 Å². The average molecular weight is 458 g/mol. The van der Waals surface area contributed by atoms with Gasteiger partial charge in [-0.3, -0.25) is 4.79 Å². The minimum absolute atomic E-state index is 0.0451. The molecule has 0 unspecified atom stereocenters. The highest BCUT2D eigenvalue weighted by molar-refractivity contribution is 5.96. The third kappa shape index (κ3) is 5.42. The van der Waals surface area contributed by atoms with Gasteiger partial charge in [0.05, 0.1) is 25.2 Å². The third-order valence-electron chi connectivity index (χ3n) is 5.89. The maximum Gasteiger partial charge on any atom is 0.200 e. The van der Waals surface area contributed by atoms with Crippen molar-refractivity contribution in [2.75, 3.05) is 12.4 Å². The molecule has 2 aromatic carbocycles. The van der Waals surface area contributed by atoms with Crippen LogP contribution in [0.15, 0.2) is 54.7 Å². The normalized spacial score (nSPS) is 11.0. The first-order chi connectivity index (χ1) is 16.6. The first-order valence-corrected chi connectivity index (χ1v) is 11.8. The Hall–Kier alpha value is -3.74. The van der Waals surface area contributed by atoms with Gasteiger partial charge in [-0.25, -0.2) is 14.6 Å². The molecule has 0 saturated heterocycles. The van der Waals surface area contributed by atoms with Crippen molar-refractivity contribution in [1.82, 2.24) is 19.7 Å². The molecule has 0 bridgehead atoms. The number of fused-ring (bicyclic) bond motifs is 1. The molecule has 0 aliphatic carbocycles. The van der Waals surface area contributed by atoms with E-state index in [-0.39, 0.29) is 11.6 Å². The summed E-state index contributed by atoms with van der Waals surface area (Å²) in [5.74, 6) is 1.62. The molecule has 176 valence electrons. The maximum absolute atomic E-state index is 12.8. The number of hydrogen-bond acceptors (Lipinski definition) is 6. The molecule has 0 atom stereocenters. The zero-order valence-electron chi connectivity index (χ0n) is 20.0. The van der Waals surface area contributed by atoms with E-state index in [0.717, 1.165) is 41.5 Å². The number of carbonyl (C=O) groups excluding carboxylic acids is 1. The fourth-order valence-electron chi connectivity index (χ4n) is 3.76. The Balaban J connectivity index is 1.65. The summed E-state index contributed by atoms with van der Waals surface area (Å²) in [6.07, 6.45) is 4.98. The largest absolute Gasteiger partial charge is 0.497 e. The van der Waals surface area contributed by atoms with Crippen LogP contribution in [0, 0.1) is 0 Å². The van der Waals surface area contributed by atoms with Gasteiger partial charge >= 0.3 is 0 Å². The highest BCUT2D eigenvalue weighted by atomic mass is 16.5. The van der Waals surface area contributed by atoms with E-state index in [9.17, 15) is 4.79 Å². The van der Waals surface area contributed by atoms with Crippen molar-refractivity contribution in [2.45, 2.75) is 52.6 Å². The molecule has 2 heterocycles. The summed E-state index contributed by atoms with van der Waals surface area (Å²) >= 11 is 0. The Morgan fingerprint density at radius 2 is 1.68 bits per heavy atom. The molecule has 0 aliphatic rings. The van der Waals surface area contributed by atoms with Gasteiger partial charge in [0.2, 0.25) is 0 Å². The summed E-state index contributed by atoms with van der Waals surface area (Å²) in [6.45, 7) is 5.34. The molecule has 0 radical (unpaired) electrons. The number of nitrogens with zero attached hydrogens (tertiary/aromatic N) is 4. The zero-order chi connectivity index (χ0) is 23.9. The quantitative estimate of drug-likeness (QED) is 0.302. The lowest BCUT2D eigenvalue weighted by atomic mass is 10.1. The second-order valence-corrected chi connectivity index (χ2v) is 8.33. The van der Waals surface area contributed by atoms with E-state index < -0.39 is 0 Å². The van der Waals surface area contributed by atoms with Gasteiger partial charge in [0.15, 0.2) is 17.3 Å². The van der Waals surface area contributed by atoms with Crippen LogP contribution in [-0.2, 0) is 19.5 Å². The smallest absolute Gasteiger partial charge is 0.200 e. The molecule has 0 fully saturated rings. The Morgan fingerprint density at radius 3 is 2.35 bits per heavy atom. The third-order valence-corrected chi connectivity index (χ3v) is 5.89. The Kier molecular flexibility index (Phi) is 7.52. The fraction of sp³-hybridized carbons (Fsp3) is 0.333. The van der Waals surface area contributed by atoms with Crippen molar-refractivity contribution in [3.63, 3.8) is 0 Å². The molecule has 0 amide bonds. The summed E-state index contributed by atoms with van der Waals surface area (Å²) < 4.78 is 7.08. The van der Waals surface area contributed by atoms with Gasteiger partial charge in [-0.2, -0.15) is 5.10 Å². The predicted molar refractivity (Wildman–Crippen MR) is 134 cm³/mol. The number of methoxy groups -OCH3 is 1. The average Bonchev–Trinajstić information content (AvgIpc) is 3.29. The first-order valence-electron chi connectivity index (χ1n) is 11.8. The fourth-order valence-corrected chi connectivity index (χ4v) is 3.76. The summed E-state index contributed by atoms with van der Waals surface area (Å²) in [5.41, 5.74) is 4.17. The van der Waals surface area contributed by atoms with Crippen molar-refractivity contribution in [3.8, 4) is 5.75 Å². The number of rotatable bonds is 11. The Bertz CT molecular complexity index is 1250. The van der Waals surface area contributed by atoms with Crippen LogP contribution in [0.4, 0.5) is 5.82 Å². The number of hydrogen-bond donors (Lipinski definition) is 1. The molecule has 2 aromatic heterocycles. The highest BCUT2D eigenvalue weighted by Crippen LogP contribution is 2.23. The number of nitrogens with one attached hydrogen (secondary N) is 1. The summed E-state index contributed by atoms with van der Waals surface area (Å²) in [6, 6.07) is 16.4. The Morgan fingerprint density at radius 1 is 0.971 bits per heavy atom. The summed E-state index contributed by atoms with van der Waals surface area (Å²) in [4.78, 5) is 22.0. The SMILES string of the molecule is CCCCC(=O)c1nc(NCc2ccc(OC)cc2)c2cnn(Cc3ccc(CC)cc3)c2n1. The lowest BCUT2D eigenvalue weighted by Gasteiger charge is -2.10. The lowest BCUT2D eigenvalue weighted by Crippen LogP contribution is -2.11. The van der Waals surface area contributed by atoms with Crippen molar-refractivity contribution >= 4 is 22.6 Å². The molecular weight excluding hydrogens is 426 g/mol. The number of carbonyl (C=O) groups is 1. The van der Waals surface area contributed by atoms with Crippen molar-refractivity contribution < 1.29 is 9.53 Å². The van der Waals surface area contributed by atoms with Crippen LogP contribution in [0.3, 0.4) is 0 Å². The van der Waals surface area contributed by atoms with Crippen molar-refractivity contribution in [3.05, 3.63) is 77.2 Å². The van der Waals surface area contributed by atoms with Gasteiger partial charge in [0.1, 0.15) is 11.6 Å². The zero-order valence-corrected chi connectivity index (χ0v) is 20.0. The van der Waals surface area contributed by atoms with E-state index in [4.69, 9.17) is 4.74 Å². The number of ketones is 1. The standard InChI is InChI=1S/C27H31N5O2/c1-4-6-7-24(33)26-30-25(28-16-20-12-14-22(34-3)15-13-20)23-17-29-32(27(23)31-26)18-21-10-8-19(5-2)9-11-21/h8-15,17H,4-7,16,18H2,1-3H3,(H,28,30,31). The van der Waals surface area contributed by atoms with Gasteiger partial charge in [-0.15, -0.1) is 0 Å². The molecule has 7 heteroatoms. The second kappa shape index (κ2) is 10.9. The molecule has 4 aromatic rings. The highest BCUT2D eigenvalue weighted by Gasteiger charge is 2.17. The van der Waals surface area contributed by atoms with Gasteiger partial charge in [-0.1, -0.05) is 56.7 Å². The summed E-state index contributed by atoms with van der Waals surface area (Å²) in [7, 11) is 1.65. The van der Waals surface area contributed by atoms with Crippen LogP contribution in [-0.4, -0.2) is 32.6 Å². The first kappa shape index (κ1) is 23.4. The van der Waals surface area contributed by atoms with Crippen LogP contribution in [0.2, 0.25) is 0 Å². The minimum Gasteiger partial charge on any atom is -0.497 e. The monoisotopic (exact) mass is 457 g/mol. The number of Topliss-reactive ketones (excluding diaryl/α,β-unsaturated/α-hetero) is 1. The number of anilines is 1. The number of aryl methyl sites for hydroxylation is 1. The molecule has 0 saturated carbocycles. The number of unbranched alkanes of at least 4 members (excludes halogenated alkanes) is 1. The number of benzene rings is 2. The molecule has 0 spiro atoms. The molecule has 0 aliphatic heterocycles. The van der Waals surface area contributed by atoms with Crippen molar-refractivity contribution in [2.24, 2.45) is 0 Å². The topological polar surface area (TPSA) is 81.9 Å². The van der Waals surface area contributed by atoms with Gasteiger partial charge in [0, 0.05) is 13.0 Å². The van der Waals surface area contributed by atoms with E-state index >= 15 is 0 Å². The van der Waals surface area contributed by atoms with Gasteiger partial charge < -0.3 is 10.1 Å². The molecule has 7 nitrogen and oxygen atoms in total. The van der Waals surface area contributed by atoms with Crippen LogP contribution in [0.25, 0.3) is 11.0 Å². The molecular formula is C27H31N5O2. The number of ether oxygens (including phenoxy) is 1. The molecule has 34 heavy (non-hydrogen) atoms. The van der Waals surface area contributed by atoms with E-state index in [1.54, 1.807) is 13.3 Å². The lowest BCUT2D eigenvalue weighted by molar-refractivity contribution is 0.0970. The van der Waals surface area contributed by atoms with E-state index in [2.05, 4.69) is 58.5 Å². The predicted octanol–water partition coefficient (Wildman–Crippen LogP) is 5.43. The van der Waals surface area contributed by atoms with E-state index in [0.29, 0.717) is 31.0 Å². The van der Waals surface area contributed by atoms with Gasteiger partial charge in [0.25, 0.3) is 0 Å². The van der Waals surface area contributed by atoms with Crippen molar-refractivity contribution in [1.29, 1.82) is 0 Å². The maximum atomic E-state index is 12.8.